The Balaban J connectivity index is 6.54. The standard InChI is InChI=1S/C30H72O3Si5/c1-25(2,26(3,4)37(21,22)33-29(9,10)34(13,14)15)31-38(23,24)28(7,8)27(5,6)36(19,20)30(11,12)32-35(16,17)18/h1-24H3. The highest BCUT2D eigenvalue weighted by atomic mass is 28.4. The summed E-state index contributed by atoms with van der Waals surface area (Å²) >= 11 is 0. The molecule has 0 aliphatic heterocycles. The first kappa shape index (κ1) is 39.0. The first-order valence-corrected chi connectivity index (χ1v) is 30.7. The van der Waals surface area contributed by atoms with Gasteiger partial charge >= 0.3 is 0 Å². The molecule has 0 amide bonds. The van der Waals surface area contributed by atoms with Crippen LogP contribution in [0.4, 0.5) is 0 Å². The third-order valence-electron chi connectivity index (χ3n) is 12.5. The van der Waals surface area contributed by atoms with Crippen LogP contribution >= 0.6 is 0 Å². The molecule has 0 saturated heterocycles. The molecule has 0 radical (unpaired) electrons. The van der Waals surface area contributed by atoms with E-state index >= 15 is 0 Å². The van der Waals surface area contributed by atoms with E-state index in [2.05, 4.69) is 162 Å². The third-order valence-corrected chi connectivity index (χ3v) is 34.2. The Morgan fingerprint density at radius 1 is 0.368 bits per heavy atom. The van der Waals surface area contributed by atoms with E-state index in [0.717, 1.165) is 0 Å². The summed E-state index contributed by atoms with van der Waals surface area (Å²) in [6.45, 7) is 58.0. The van der Waals surface area contributed by atoms with Gasteiger partial charge in [-0.15, -0.1) is 0 Å². The molecule has 0 heterocycles. The summed E-state index contributed by atoms with van der Waals surface area (Å²) in [7, 11) is -9.63. The molecule has 0 spiro atoms. The maximum Gasteiger partial charge on any atom is 0.195 e. The lowest BCUT2D eigenvalue weighted by molar-refractivity contribution is 0.0306. The summed E-state index contributed by atoms with van der Waals surface area (Å²) in [4.78, 5) is 0. The summed E-state index contributed by atoms with van der Waals surface area (Å²) in [6.07, 6.45) is 0. The minimum Gasteiger partial charge on any atom is -0.415 e. The molecular weight excluding hydrogens is 549 g/mol. The highest BCUT2D eigenvalue weighted by molar-refractivity contribution is 6.87. The summed E-state index contributed by atoms with van der Waals surface area (Å²) in [6, 6.07) is 0. The predicted molar refractivity (Wildman–Crippen MR) is 187 cm³/mol. The second-order valence-electron chi connectivity index (χ2n) is 18.7. The molecule has 230 valence electrons. The van der Waals surface area contributed by atoms with Crippen LogP contribution in [-0.4, -0.2) is 57.1 Å². The molecule has 0 aliphatic rings. The second kappa shape index (κ2) is 10.6. The Labute approximate surface area is 246 Å². The van der Waals surface area contributed by atoms with Crippen LogP contribution in [0.15, 0.2) is 0 Å². The zero-order valence-corrected chi connectivity index (χ0v) is 35.7. The average molecular weight is 621 g/mol. The van der Waals surface area contributed by atoms with E-state index in [0.29, 0.717) is 0 Å². The molecule has 0 aromatic heterocycles. The SMILES string of the molecule is CC(C)(O[Si](C)(C)C(C)(C)C(C)(C)[Si](C)(C)C(C)(C)O[Si](C)(C)C)C(C)(C)[Si](C)(C)OC(C)(C)[Si](C)(C)C. The molecule has 0 aliphatic carbocycles. The van der Waals surface area contributed by atoms with Crippen molar-refractivity contribution in [1.82, 2.24) is 0 Å². The molecule has 0 atom stereocenters. The van der Waals surface area contributed by atoms with Crippen molar-refractivity contribution in [1.29, 1.82) is 0 Å². The van der Waals surface area contributed by atoms with E-state index in [-0.39, 0.29) is 31.2 Å². The highest BCUT2D eigenvalue weighted by Crippen LogP contribution is 2.66. The minimum absolute atomic E-state index is 0.0211. The fraction of sp³-hybridized carbons (Fsp3) is 1.00. The van der Waals surface area contributed by atoms with Crippen molar-refractivity contribution in [3.05, 3.63) is 0 Å². The quantitative estimate of drug-likeness (QED) is 0.192. The molecule has 0 bridgehead atoms. The number of rotatable bonds is 13. The number of hydrogen-bond donors (Lipinski definition) is 0. The molecule has 0 aromatic carbocycles. The van der Waals surface area contributed by atoms with Crippen molar-refractivity contribution >= 4 is 41.1 Å². The topological polar surface area (TPSA) is 27.7 Å². The molecule has 0 fully saturated rings. The van der Waals surface area contributed by atoms with Crippen LogP contribution in [-0.2, 0) is 13.3 Å². The Morgan fingerprint density at radius 3 is 1.03 bits per heavy atom. The Bertz CT molecular complexity index is 824. The Morgan fingerprint density at radius 2 is 0.711 bits per heavy atom. The van der Waals surface area contributed by atoms with Gasteiger partial charge in [0.2, 0.25) is 0 Å². The van der Waals surface area contributed by atoms with Gasteiger partial charge in [-0.25, -0.2) is 0 Å². The van der Waals surface area contributed by atoms with Gasteiger partial charge < -0.3 is 13.3 Å². The molecular formula is C30H72O3Si5. The first-order chi connectivity index (χ1) is 15.9. The lowest BCUT2D eigenvalue weighted by atomic mass is 9.93. The summed E-state index contributed by atoms with van der Waals surface area (Å²) in [5.41, 5.74) is -0.322. The molecule has 0 aromatic rings. The van der Waals surface area contributed by atoms with Crippen LogP contribution in [0.2, 0.25) is 93.7 Å². The van der Waals surface area contributed by atoms with Gasteiger partial charge in [-0.1, -0.05) is 74.3 Å². The number of hydrogen-bond acceptors (Lipinski definition) is 3. The van der Waals surface area contributed by atoms with Gasteiger partial charge in [0.05, 0.1) is 21.7 Å². The maximum atomic E-state index is 7.53. The van der Waals surface area contributed by atoms with Crippen molar-refractivity contribution < 1.29 is 13.3 Å². The van der Waals surface area contributed by atoms with E-state index < -0.39 is 41.1 Å². The van der Waals surface area contributed by atoms with Gasteiger partial charge in [-0.05, 0) is 97.4 Å². The van der Waals surface area contributed by atoms with Crippen LogP contribution < -0.4 is 0 Å². The van der Waals surface area contributed by atoms with E-state index in [9.17, 15) is 0 Å². The average Bonchev–Trinajstić information content (AvgIpc) is 2.55. The molecule has 0 saturated carbocycles. The van der Waals surface area contributed by atoms with E-state index in [1.165, 1.54) is 0 Å². The van der Waals surface area contributed by atoms with Crippen molar-refractivity contribution in [2.45, 2.75) is 193 Å². The van der Waals surface area contributed by atoms with E-state index in [4.69, 9.17) is 13.3 Å². The lowest BCUT2D eigenvalue weighted by Gasteiger charge is -2.63. The molecule has 0 unspecified atom stereocenters. The monoisotopic (exact) mass is 620 g/mol. The molecule has 0 rings (SSSR count). The maximum absolute atomic E-state index is 7.53. The van der Waals surface area contributed by atoms with Crippen molar-refractivity contribution in [3.8, 4) is 0 Å². The predicted octanol–water partition coefficient (Wildman–Crippen LogP) is 11.1. The van der Waals surface area contributed by atoms with Gasteiger partial charge in [0.15, 0.2) is 25.0 Å². The highest BCUT2D eigenvalue weighted by Gasteiger charge is 2.64. The van der Waals surface area contributed by atoms with Gasteiger partial charge in [0, 0.05) is 15.5 Å². The fourth-order valence-corrected chi connectivity index (χ4v) is 22.5. The van der Waals surface area contributed by atoms with E-state index in [1.807, 2.05) is 0 Å². The molecule has 0 N–H and O–H groups in total. The van der Waals surface area contributed by atoms with Crippen LogP contribution in [0.3, 0.4) is 0 Å². The van der Waals surface area contributed by atoms with Crippen molar-refractivity contribution in [2.24, 2.45) is 0 Å². The largest absolute Gasteiger partial charge is 0.415 e. The zero-order chi connectivity index (χ0) is 31.6. The van der Waals surface area contributed by atoms with E-state index in [1.54, 1.807) is 0 Å². The van der Waals surface area contributed by atoms with Gasteiger partial charge in [-0.3, -0.25) is 0 Å². The van der Waals surface area contributed by atoms with Crippen LogP contribution in [0.25, 0.3) is 0 Å². The molecule has 38 heavy (non-hydrogen) atoms. The normalized spacial score (nSPS) is 16.7. The van der Waals surface area contributed by atoms with Gasteiger partial charge in [0.1, 0.15) is 0 Å². The zero-order valence-electron chi connectivity index (χ0n) is 30.7. The Hall–Kier alpha value is 0.964. The first-order valence-electron chi connectivity index (χ1n) is 15.0. The third kappa shape index (κ3) is 7.12. The fourth-order valence-electron chi connectivity index (χ4n) is 5.72. The molecule has 3 nitrogen and oxygen atoms in total. The van der Waals surface area contributed by atoms with Crippen LogP contribution in [0, 0.1) is 0 Å². The van der Waals surface area contributed by atoms with Crippen LogP contribution in [0.1, 0.15) is 83.1 Å². The van der Waals surface area contributed by atoms with Crippen LogP contribution in [0.5, 0.6) is 0 Å². The second-order valence-corrected chi connectivity index (χ2v) is 43.5. The van der Waals surface area contributed by atoms with Gasteiger partial charge in [-0.2, -0.15) is 0 Å². The lowest BCUT2D eigenvalue weighted by Crippen LogP contribution is -2.68. The van der Waals surface area contributed by atoms with Gasteiger partial charge in [0.25, 0.3) is 0 Å². The summed E-state index contributed by atoms with van der Waals surface area (Å²) in [5.74, 6) is 0. The summed E-state index contributed by atoms with van der Waals surface area (Å²) in [5, 5.41) is -0.186. The Kier molecular flexibility index (Phi) is 10.9. The minimum atomic E-state index is -2.27. The van der Waals surface area contributed by atoms with Crippen molar-refractivity contribution in [3.63, 3.8) is 0 Å². The smallest absolute Gasteiger partial charge is 0.195 e. The van der Waals surface area contributed by atoms with Crippen molar-refractivity contribution in [2.75, 3.05) is 0 Å². The summed E-state index contributed by atoms with van der Waals surface area (Å²) < 4.78 is 21.6. The molecule has 8 heteroatoms.